The monoisotopic (exact) mass is 262 g/mol. The molecule has 0 fully saturated rings. The van der Waals surface area contributed by atoms with Crippen LogP contribution >= 0.6 is 0 Å². The molecule has 0 spiro atoms. The minimum atomic E-state index is -3.59. The van der Waals surface area contributed by atoms with Crippen LogP contribution in [-0.2, 0) is 9.68 Å². The zero-order valence-corrected chi connectivity index (χ0v) is 8.40. The zero-order chi connectivity index (χ0) is 13.6. The molecule has 0 unspecified atom stereocenters. The van der Waals surface area contributed by atoms with Gasteiger partial charge in [-0.15, -0.1) is 0 Å². The molecule has 0 rings (SSSR count). The number of rotatable bonds is 7. The van der Waals surface area contributed by atoms with Crippen molar-refractivity contribution >= 4 is 5.97 Å². The fraction of sp³-hybridized carbons (Fsp3) is 0.833. The number of nitrogens with zero attached hydrogens (tertiary/aromatic N) is 2. The van der Waals surface area contributed by atoms with E-state index in [0.29, 0.717) is 0 Å². The Balaban J connectivity index is 4.87. The molecule has 0 heterocycles. The molecule has 0 amide bonds. The van der Waals surface area contributed by atoms with Gasteiger partial charge in [0.15, 0.2) is 0 Å². The molecule has 1 atom stereocenters. The van der Waals surface area contributed by atoms with Gasteiger partial charge in [0.1, 0.15) is 0 Å². The molecule has 0 radical (unpaired) electrons. The largest absolute Gasteiger partial charge is 0.372 e. The number of halogens is 2. The molecule has 0 saturated carbocycles. The molecular formula is C6H12F2N2O7. The predicted octanol–water partition coefficient (Wildman–Crippen LogP) is -0.0525. The minimum Gasteiger partial charge on any atom is -0.298 e. The van der Waals surface area contributed by atoms with E-state index < -0.39 is 42.5 Å². The van der Waals surface area contributed by atoms with E-state index in [1.807, 2.05) is 0 Å². The lowest BCUT2D eigenvalue weighted by molar-refractivity contribution is -0.385. The van der Waals surface area contributed by atoms with Gasteiger partial charge in [-0.3, -0.25) is 25.7 Å². The Kier molecular flexibility index (Phi) is 6.33. The molecule has 0 bridgehead atoms. The summed E-state index contributed by atoms with van der Waals surface area (Å²) in [4.78, 5) is 14.0. The van der Waals surface area contributed by atoms with Gasteiger partial charge in [0.25, 0.3) is 6.43 Å². The van der Waals surface area contributed by atoms with Crippen molar-refractivity contribution in [2.24, 2.45) is 0 Å². The normalized spacial score (nSPS) is 15.4. The van der Waals surface area contributed by atoms with Crippen molar-refractivity contribution in [1.29, 1.82) is 0 Å². The average Bonchev–Trinajstić information content (AvgIpc) is 2.21. The first-order chi connectivity index (χ1) is 7.78. The van der Waals surface area contributed by atoms with Gasteiger partial charge in [-0.1, -0.05) is 5.23 Å². The van der Waals surface area contributed by atoms with E-state index in [9.17, 15) is 13.6 Å². The highest BCUT2D eigenvalue weighted by molar-refractivity contribution is 5.80. The van der Waals surface area contributed by atoms with Crippen LogP contribution in [0.25, 0.3) is 0 Å². The molecule has 17 heavy (non-hydrogen) atoms. The number of carbonyl (C=O) groups is 1. The third kappa shape index (κ3) is 3.78. The average molecular weight is 262 g/mol. The fourth-order valence-electron chi connectivity index (χ4n) is 1.14. The van der Waals surface area contributed by atoms with Crippen LogP contribution in [0.15, 0.2) is 0 Å². The molecule has 0 aliphatic heterocycles. The van der Waals surface area contributed by atoms with Gasteiger partial charge in [-0.05, 0) is 18.1 Å². The van der Waals surface area contributed by atoms with Gasteiger partial charge in [0.05, 0.1) is 6.54 Å². The molecule has 11 heteroatoms. The van der Waals surface area contributed by atoms with E-state index >= 15 is 0 Å². The summed E-state index contributed by atoms with van der Waals surface area (Å²) in [6.45, 7) is -0.541. The third-order valence-electron chi connectivity index (χ3n) is 2.07. The van der Waals surface area contributed by atoms with Crippen molar-refractivity contribution in [3.8, 4) is 0 Å². The van der Waals surface area contributed by atoms with Crippen molar-refractivity contribution in [3.05, 3.63) is 0 Å². The zero-order valence-electron chi connectivity index (χ0n) is 8.40. The maximum absolute atomic E-state index is 12.7. The van der Waals surface area contributed by atoms with E-state index in [-0.39, 0.29) is 5.23 Å². The van der Waals surface area contributed by atoms with Gasteiger partial charge in [0.2, 0.25) is 5.54 Å². The lowest BCUT2D eigenvalue weighted by Crippen LogP contribution is -2.58. The smallest absolute Gasteiger partial charge is 0.298 e. The Morgan fingerprint density at radius 1 is 1.29 bits per heavy atom. The number of hydrogen-bond acceptors (Lipinski definition) is 9. The minimum absolute atomic E-state index is 0.334. The van der Waals surface area contributed by atoms with Crippen LogP contribution in [0.1, 0.15) is 12.8 Å². The second kappa shape index (κ2) is 6.70. The predicted molar refractivity (Wildman–Crippen MR) is 42.4 cm³/mol. The van der Waals surface area contributed by atoms with Crippen molar-refractivity contribution in [2.45, 2.75) is 24.8 Å². The second-order valence-electron chi connectivity index (χ2n) is 3.09. The lowest BCUT2D eigenvalue weighted by atomic mass is 9.94. The van der Waals surface area contributed by atoms with Crippen molar-refractivity contribution < 1.29 is 44.5 Å². The molecule has 0 aromatic heterocycles. The van der Waals surface area contributed by atoms with Crippen LogP contribution in [0.2, 0.25) is 0 Å². The van der Waals surface area contributed by atoms with Crippen LogP contribution in [0, 0.1) is 0 Å². The van der Waals surface area contributed by atoms with E-state index in [1.54, 1.807) is 0 Å². The maximum Gasteiger partial charge on any atom is 0.372 e. The van der Waals surface area contributed by atoms with Gasteiger partial charge >= 0.3 is 5.97 Å². The lowest BCUT2D eigenvalue weighted by Gasteiger charge is -2.31. The quantitative estimate of drug-likeness (QED) is 0.316. The first-order valence-electron chi connectivity index (χ1n) is 4.26. The first-order valence-corrected chi connectivity index (χ1v) is 4.26. The van der Waals surface area contributed by atoms with Gasteiger partial charge in [-0.2, -0.15) is 5.26 Å². The summed E-state index contributed by atoms with van der Waals surface area (Å²) in [6, 6.07) is 0. The SMILES string of the molecule is O=C(OO)[C@@](CCCN(O)O)(C(F)F)N(O)O. The number of hydrogen-bond donors (Lipinski definition) is 5. The molecule has 102 valence electrons. The van der Waals surface area contributed by atoms with E-state index in [1.165, 1.54) is 0 Å². The van der Waals surface area contributed by atoms with E-state index in [0.717, 1.165) is 0 Å². The summed E-state index contributed by atoms with van der Waals surface area (Å²) in [6.07, 6.45) is -4.93. The molecule has 0 saturated heterocycles. The highest BCUT2D eigenvalue weighted by Crippen LogP contribution is 2.28. The number of hydroxylamine groups is 4. The Bertz CT molecular complexity index is 243. The Hall–Kier alpha value is -0.950. The maximum atomic E-state index is 12.7. The van der Waals surface area contributed by atoms with E-state index in [2.05, 4.69) is 4.89 Å². The van der Waals surface area contributed by atoms with E-state index in [4.69, 9.17) is 26.1 Å². The van der Waals surface area contributed by atoms with Crippen molar-refractivity contribution in [3.63, 3.8) is 0 Å². The molecular weight excluding hydrogens is 250 g/mol. The number of carbonyl (C=O) groups excluding carboxylic acids is 1. The Morgan fingerprint density at radius 2 is 1.82 bits per heavy atom. The van der Waals surface area contributed by atoms with Gasteiger partial charge in [0, 0.05) is 0 Å². The van der Waals surface area contributed by atoms with Crippen molar-refractivity contribution in [2.75, 3.05) is 6.54 Å². The summed E-state index contributed by atoms with van der Waals surface area (Å²) in [7, 11) is 0. The molecule has 0 aromatic rings. The standard InChI is InChI=1S/C6H12F2N2O7/c7-4(8)6(10(14)15,5(11)17-16)2-1-3-9(12)13/h4,12-16H,1-3H2/t6-/m1/s1. The summed E-state index contributed by atoms with van der Waals surface area (Å²) in [5.74, 6) is -1.99. The summed E-state index contributed by atoms with van der Waals surface area (Å²) < 4.78 is 25.3. The van der Waals surface area contributed by atoms with Crippen LogP contribution in [0.5, 0.6) is 0 Å². The summed E-state index contributed by atoms with van der Waals surface area (Å²) in [5, 5.41) is 40.6. The highest BCUT2D eigenvalue weighted by atomic mass is 19.3. The Labute approximate surface area is 93.4 Å². The first kappa shape index (κ1) is 16.1. The highest BCUT2D eigenvalue weighted by Gasteiger charge is 2.54. The summed E-state index contributed by atoms with van der Waals surface area (Å²) >= 11 is 0. The topological polar surface area (TPSA) is 134 Å². The molecule has 0 aliphatic carbocycles. The Morgan fingerprint density at radius 3 is 2.12 bits per heavy atom. The third-order valence-corrected chi connectivity index (χ3v) is 2.07. The molecule has 0 aromatic carbocycles. The van der Waals surface area contributed by atoms with Crippen LogP contribution in [-0.4, -0.2) is 61.0 Å². The molecule has 9 nitrogen and oxygen atoms in total. The molecule has 0 aliphatic rings. The van der Waals surface area contributed by atoms with Crippen molar-refractivity contribution in [1.82, 2.24) is 10.5 Å². The second-order valence-corrected chi connectivity index (χ2v) is 3.09. The molecule has 5 N–H and O–H groups in total. The summed E-state index contributed by atoms with van der Waals surface area (Å²) in [5.41, 5.74) is -3.20. The van der Waals surface area contributed by atoms with Crippen LogP contribution in [0.3, 0.4) is 0 Å². The van der Waals surface area contributed by atoms with Crippen LogP contribution < -0.4 is 0 Å². The van der Waals surface area contributed by atoms with Crippen LogP contribution in [0.4, 0.5) is 8.78 Å². The number of alkyl halides is 2. The van der Waals surface area contributed by atoms with Gasteiger partial charge < -0.3 is 0 Å². The fourth-order valence-corrected chi connectivity index (χ4v) is 1.14. The van der Waals surface area contributed by atoms with Gasteiger partial charge in [-0.25, -0.2) is 13.6 Å².